The molecule has 0 radical (unpaired) electrons. The molecular formula is C45H62N2O12. The van der Waals surface area contributed by atoms with Gasteiger partial charge in [-0.15, -0.1) is 0 Å². The van der Waals surface area contributed by atoms with Crippen LogP contribution in [0, 0.1) is 30.6 Å². The number of nitrogens with zero attached hydrogens (tertiary/aromatic N) is 1. The van der Waals surface area contributed by atoms with E-state index in [1.54, 1.807) is 46.8 Å². The number of hydrogen-bond donors (Lipinski definition) is 6. The summed E-state index contributed by atoms with van der Waals surface area (Å²) < 4.78 is 23.7. The van der Waals surface area contributed by atoms with Gasteiger partial charge < -0.3 is 49.8 Å². The number of aliphatic hydroxyl groups is 2. The van der Waals surface area contributed by atoms with E-state index in [0.717, 1.165) is 19.3 Å². The average molecular weight is 823 g/mol. The lowest BCUT2D eigenvalue weighted by Gasteiger charge is -2.39. The predicted octanol–water partition coefficient (Wildman–Crippen LogP) is 6.52. The zero-order valence-electron chi connectivity index (χ0n) is 36.0. The van der Waals surface area contributed by atoms with Gasteiger partial charge in [-0.25, -0.2) is 0 Å². The minimum atomic E-state index is -2.01. The molecular weight excluding hydrogens is 760 g/mol. The van der Waals surface area contributed by atoms with Gasteiger partial charge in [0.15, 0.2) is 5.75 Å². The number of methoxy groups -OCH3 is 1. The fourth-order valence-electron chi connectivity index (χ4n) is 8.91. The Morgan fingerprint density at radius 2 is 1.56 bits per heavy atom. The Labute approximate surface area is 346 Å². The van der Waals surface area contributed by atoms with Crippen LogP contribution >= 0.6 is 0 Å². The zero-order chi connectivity index (χ0) is 43.8. The highest BCUT2D eigenvalue weighted by Crippen LogP contribution is 2.55. The average Bonchev–Trinajstić information content (AvgIpc) is 3.45. The van der Waals surface area contributed by atoms with Gasteiger partial charge in [-0.05, 0) is 46.6 Å². The number of ether oxygens (including phenoxy) is 4. The zero-order valence-corrected chi connectivity index (χ0v) is 36.0. The molecule has 324 valence electrons. The number of piperidine rings is 1. The molecule has 1 amide bonds. The number of anilines is 1. The molecule has 1 saturated heterocycles. The standard InChI is InChI=1S/C45H62N2O12/c1-21-14-12-15-22(2)44(55)46-35-30(20-47-23(3)16-13-17-24(47)4)39(52)32-33(40(35)53)38(51)28(8)42-34(32)43(54)45(10,59-42)57-19-18-31(56-11)25(5)41(58-29(9)48)27(7)37(50)26(6)36(21)49/h12,14-15,18-19,21,23-27,31,36-37,41,49-53H,13,16-17,20H2,1-11H3,(H,46,55). The Balaban J connectivity index is 1.72. The topological polar surface area (TPSA) is 205 Å². The molecule has 11 atom stereocenters. The summed E-state index contributed by atoms with van der Waals surface area (Å²) in [6.45, 7) is 16.9. The van der Waals surface area contributed by atoms with Crippen LogP contribution in [0.3, 0.4) is 0 Å². The second kappa shape index (κ2) is 17.9. The molecule has 0 saturated carbocycles. The summed E-state index contributed by atoms with van der Waals surface area (Å²) in [4.78, 5) is 42.9. The lowest BCUT2D eigenvalue weighted by molar-refractivity contribution is -0.160. The van der Waals surface area contributed by atoms with Crippen molar-refractivity contribution in [1.82, 2.24) is 4.90 Å². The second-order valence-corrected chi connectivity index (χ2v) is 17.0. The first kappa shape index (κ1) is 45.5. The molecule has 0 aromatic heterocycles. The van der Waals surface area contributed by atoms with Crippen LogP contribution in [-0.4, -0.2) is 97.5 Å². The lowest BCUT2D eigenvalue weighted by atomic mass is 9.78. The highest BCUT2D eigenvalue weighted by molar-refractivity contribution is 6.22. The van der Waals surface area contributed by atoms with Crippen LogP contribution in [0.15, 0.2) is 36.1 Å². The Morgan fingerprint density at radius 1 is 0.915 bits per heavy atom. The number of phenols is 3. The van der Waals surface area contributed by atoms with Crippen LogP contribution < -0.4 is 10.1 Å². The Morgan fingerprint density at radius 3 is 2.17 bits per heavy atom. The minimum Gasteiger partial charge on any atom is -0.507 e. The quantitative estimate of drug-likeness (QED) is 0.111. The maximum atomic E-state index is 14.5. The van der Waals surface area contributed by atoms with Crippen LogP contribution in [0.1, 0.15) is 103 Å². The Kier molecular flexibility index (Phi) is 13.8. The Hall–Kier alpha value is -4.63. The molecule has 2 aromatic carbocycles. The lowest BCUT2D eigenvalue weighted by Crippen LogP contribution is -2.46. The van der Waals surface area contributed by atoms with Crippen molar-refractivity contribution in [3.05, 3.63) is 52.8 Å². The van der Waals surface area contributed by atoms with E-state index in [4.69, 9.17) is 18.9 Å². The Bertz CT molecular complexity index is 2030. The summed E-state index contributed by atoms with van der Waals surface area (Å²) in [7, 11) is 1.45. The van der Waals surface area contributed by atoms with Gasteiger partial charge in [-0.3, -0.25) is 19.3 Å². The number of hydrogen-bond acceptors (Lipinski definition) is 13. The third-order valence-corrected chi connectivity index (χ3v) is 12.8. The van der Waals surface area contributed by atoms with Crippen molar-refractivity contribution in [3.8, 4) is 23.0 Å². The highest BCUT2D eigenvalue weighted by Gasteiger charge is 2.50. The van der Waals surface area contributed by atoms with Crippen LogP contribution in [0.4, 0.5) is 5.69 Å². The van der Waals surface area contributed by atoms with Crippen molar-refractivity contribution in [2.24, 2.45) is 23.7 Å². The molecule has 1 fully saturated rings. The summed E-state index contributed by atoms with van der Waals surface area (Å²) in [5, 5.41) is 61.3. The molecule has 14 nitrogen and oxygen atoms in total. The van der Waals surface area contributed by atoms with Crippen LogP contribution in [-0.2, 0) is 30.3 Å². The predicted molar refractivity (Wildman–Crippen MR) is 222 cm³/mol. The largest absolute Gasteiger partial charge is 0.507 e. The molecule has 0 spiro atoms. The number of fused-ring (bicyclic) bond motifs is 14. The number of esters is 1. The van der Waals surface area contributed by atoms with Crippen molar-refractivity contribution in [2.45, 2.75) is 137 Å². The number of rotatable bonds is 4. The fraction of sp³-hybridized carbons (Fsp3) is 0.578. The SMILES string of the molecule is COC1C=COC2(C)Oc3c(C)c(O)c4c(O)c(c(CN5C(C)CCCC5C)c(O)c4c3C2=O)NC(=O)C(C)=CC=CC(C)C(O)C(C)C(O)C(C)C(OC(C)=O)C1C. The maximum absolute atomic E-state index is 14.5. The molecule has 6 N–H and O–H groups in total. The molecule has 2 aromatic rings. The molecule has 5 bridgehead atoms. The van der Waals surface area contributed by atoms with Crippen LogP contribution in [0.2, 0.25) is 0 Å². The summed E-state index contributed by atoms with van der Waals surface area (Å²) in [6, 6.07) is 0.175. The monoisotopic (exact) mass is 822 g/mol. The molecule has 4 heterocycles. The smallest absolute Gasteiger partial charge is 0.312 e. The van der Waals surface area contributed by atoms with Crippen molar-refractivity contribution in [1.29, 1.82) is 0 Å². The minimum absolute atomic E-state index is 0.0518. The van der Waals surface area contributed by atoms with E-state index in [2.05, 4.69) is 24.1 Å². The summed E-state index contributed by atoms with van der Waals surface area (Å²) in [6.07, 6.45) is 6.55. The first-order chi connectivity index (χ1) is 27.7. The molecule has 14 heteroatoms. The molecule has 0 aliphatic carbocycles. The van der Waals surface area contributed by atoms with E-state index in [-0.39, 0.29) is 63.1 Å². The van der Waals surface area contributed by atoms with E-state index >= 15 is 0 Å². The van der Waals surface area contributed by atoms with E-state index < -0.39 is 88.8 Å². The number of carbonyl (C=O) groups excluding carboxylic acids is 3. The number of phenolic OH excluding ortho intramolecular Hbond substituents is 3. The summed E-state index contributed by atoms with van der Waals surface area (Å²) in [5.41, 5.74) is 0.216. The number of benzene rings is 2. The number of ketones is 1. The molecule has 4 aliphatic heterocycles. The normalized spacial score (nSPS) is 32.5. The molecule has 6 rings (SSSR count). The van der Waals surface area contributed by atoms with E-state index in [1.807, 2.05) is 0 Å². The number of nitrogens with one attached hydrogen (secondary N) is 1. The van der Waals surface area contributed by atoms with Crippen molar-refractivity contribution < 1.29 is 58.9 Å². The van der Waals surface area contributed by atoms with Crippen molar-refractivity contribution in [3.63, 3.8) is 0 Å². The van der Waals surface area contributed by atoms with Gasteiger partial charge in [0.25, 0.3) is 11.7 Å². The third kappa shape index (κ3) is 8.68. The summed E-state index contributed by atoms with van der Waals surface area (Å²) >= 11 is 0. The van der Waals surface area contributed by atoms with E-state index in [1.165, 1.54) is 46.3 Å². The molecule has 11 unspecified atom stereocenters. The molecule has 59 heavy (non-hydrogen) atoms. The first-order valence-corrected chi connectivity index (χ1v) is 20.5. The van der Waals surface area contributed by atoms with Crippen LogP contribution in [0.25, 0.3) is 10.8 Å². The highest BCUT2D eigenvalue weighted by atomic mass is 16.7. The van der Waals surface area contributed by atoms with Crippen molar-refractivity contribution >= 4 is 34.1 Å². The maximum Gasteiger partial charge on any atom is 0.312 e. The van der Waals surface area contributed by atoms with Gasteiger partial charge >= 0.3 is 11.8 Å². The van der Waals surface area contributed by atoms with E-state index in [0.29, 0.717) is 0 Å². The summed E-state index contributed by atoms with van der Waals surface area (Å²) in [5.74, 6) is -7.82. The molecule has 4 aliphatic rings. The second-order valence-electron chi connectivity index (χ2n) is 17.0. The fourth-order valence-corrected chi connectivity index (χ4v) is 8.91. The number of amides is 1. The van der Waals surface area contributed by atoms with Gasteiger partial charge in [0.2, 0.25) is 0 Å². The number of Topliss-reactive ketones (excluding diaryl/α,β-unsaturated/α-hetero) is 1. The third-order valence-electron chi connectivity index (χ3n) is 12.8. The van der Waals surface area contributed by atoms with Gasteiger partial charge in [-0.2, -0.15) is 0 Å². The van der Waals surface area contributed by atoms with Crippen molar-refractivity contribution in [2.75, 3.05) is 12.4 Å². The van der Waals surface area contributed by atoms with E-state index in [9.17, 15) is 39.9 Å². The van der Waals surface area contributed by atoms with Gasteiger partial charge in [-0.1, -0.05) is 52.3 Å². The number of aliphatic hydroxyl groups excluding tert-OH is 2. The first-order valence-electron chi connectivity index (χ1n) is 20.5. The number of allylic oxidation sites excluding steroid dienone is 2. The van der Waals surface area contributed by atoms with Crippen LogP contribution in [0.5, 0.6) is 23.0 Å². The number of aromatic hydroxyl groups is 3. The van der Waals surface area contributed by atoms with Gasteiger partial charge in [0.05, 0.1) is 41.2 Å². The van der Waals surface area contributed by atoms with Gasteiger partial charge in [0.1, 0.15) is 23.4 Å². The van der Waals surface area contributed by atoms with Gasteiger partial charge in [0, 0.05) is 85.3 Å². The number of likely N-dealkylation sites (tertiary alicyclic amines) is 1. The number of carbonyl (C=O) groups is 3.